The maximum absolute atomic E-state index is 11.4. The van der Waals surface area contributed by atoms with E-state index in [-0.39, 0.29) is 18.1 Å². The number of hydrogen-bond acceptors (Lipinski definition) is 5. The number of nitrogen functional groups attached to an aromatic ring is 1. The molecule has 20 heavy (non-hydrogen) atoms. The van der Waals surface area contributed by atoms with Crippen LogP contribution in [0.15, 0.2) is 12.1 Å². The smallest absolute Gasteiger partial charge is 0.262 e. The normalized spacial score (nSPS) is 25.4. The number of nitrogens with two attached hydrogens (primary N) is 1. The summed E-state index contributed by atoms with van der Waals surface area (Å²) in [4.78, 5) is 11.4. The van der Waals surface area contributed by atoms with Crippen LogP contribution in [0.3, 0.4) is 0 Å². The fourth-order valence-corrected chi connectivity index (χ4v) is 2.61. The highest BCUT2D eigenvalue weighted by atomic mass is 16.5. The Bertz CT molecular complexity index is 539. The van der Waals surface area contributed by atoms with Crippen molar-refractivity contribution in [3.63, 3.8) is 0 Å². The van der Waals surface area contributed by atoms with Crippen molar-refractivity contribution < 1.29 is 14.3 Å². The number of rotatable bonds is 2. The SMILES string of the molecule is CC1(Nc2cc3c(cc2N)OCC(=O)N3)CCCOC1. The topological polar surface area (TPSA) is 85.6 Å². The minimum Gasteiger partial charge on any atom is -0.482 e. The van der Waals surface area contributed by atoms with Crippen LogP contribution in [0, 0.1) is 0 Å². The van der Waals surface area contributed by atoms with Gasteiger partial charge in [-0.3, -0.25) is 4.79 Å². The highest BCUT2D eigenvalue weighted by molar-refractivity contribution is 5.97. The van der Waals surface area contributed by atoms with Crippen LogP contribution in [0.25, 0.3) is 0 Å². The standard InChI is InChI=1S/C14H19N3O3/c1-14(3-2-4-19-8-14)17-10-6-11-12(5-9(10)15)20-7-13(18)16-11/h5-6,17H,2-4,7-8,15H2,1H3,(H,16,18). The fourth-order valence-electron chi connectivity index (χ4n) is 2.61. The number of anilines is 3. The first kappa shape index (κ1) is 13.1. The number of fused-ring (bicyclic) bond motifs is 1. The Morgan fingerprint density at radius 3 is 3.05 bits per heavy atom. The third kappa shape index (κ3) is 2.51. The second-order valence-corrected chi connectivity index (χ2v) is 5.61. The van der Waals surface area contributed by atoms with Crippen molar-refractivity contribution in [3.8, 4) is 5.75 Å². The van der Waals surface area contributed by atoms with Gasteiger partial charge in [-0.2, -0.15) is 0 Å². The van der Waals surface area contributed by atoms with Gasteiger partial charge in [-0.25, -0.2) is 0 Å². The number of nitrogens with one attached hydrogen (secondary N) is 2. The van der Waals surface area contributed by atoms with Crippen LogP contribution in [0.2, 0.25) is 0 Å². The molecule has 0 radical (unpaired) electrons. The van der Waals surface area contributed by atoms with E-state index in [0.29, 0.717) is 23.7 Å². The highest BCUT2D eigenvalue weighted by Gasteiger charge is 2.28. The second-order valence-electron chi connectivity index (χ2n) is 5.61. The van der Waals surface area contributed by atoms with Gasteiger partial charge in [0.25, 0.3) is 5.91 Å². The third-order valence-electron chi connectivity index (χ3n) is 3.66. The molecular formula is C14H19N3O3. The molecule has 3 rings (SSSR count). The summed E-state index contributed by atoms with van der Waals surface area (Å²) in [5.74, 6) is 0.457. The van der Waals surface area contributed by atoms with E-state index in [2.05, 4.69) is 17.6 Å². The van der Waals surface area contributed by atoms with Crippen LogP contribution in [0.1, 0.15) is 19.8 Å². The average Bonchev–Trinajstić information content (AvgIpc) is 2.41. The number of hydrogen-bond donors (Lipinski definition) is 3. The zero-order valence-corrected chi connectivity index (χ0v) is 11.5. The van der Waals surface area contributed by atoms with E-state index in [1.165, 1.54) is 0 Å². The minimum absolute atomic E-state index is 0.0325. The molecule has 2 heterocycles. The van der Waals surface area contributed by atoms with Crippen LogP contribution in [0.5, 0.6) is 5.75 Å². The van der Waals surface area contributed by atoms with E-state index in [1.54, 1.807) is 6.07 Å². The molecule has 4 N–H and O–H groups in total. The Morgan fingerprint density at radius 1 is 1.45 bits per heavy atom. The molecule has 0 bridgehead atoms. The first-order chi connectivity index (χ1) is 9.56. The van der Waals surface area contributed by atoms with E-state index in [4.69, 9.17) is 15.2 Å². The van der Waals surface area contributed by atoms with Gasteiger partial charge in [0.05, 0.1) is 29.2 Å². The molecule has 0 spiro atoms. The molecule has 108 valence electrons. The minimum atomic E-state index is -0.152. The van der Waals surface area contributed by atoms with Crippen molar-refractivity contribution in [2.24, 2.45) is 0 Å². The summed E-state index contributed by atoms with van der Waals surface area (Å²) in [6.07, 6.45) is 2.04. The van der Waals surface area contributed by atoms with Gasteiger partial charge in [-0.1, -0.05) is 0 Å². The molecule has 0 aliphatic carbocycles. The van der Waals surface area contributed by atoms with Gasteiger partial charge in [0.15, 0.2) is 6.61 Å². The van der Waals surface area contributed by atoms with Gasteiger partial charge < -0.3 is 25.8 Å². The number of carbonyl (C=O) groups excluding carboxylic acids is 1. The molecule has 2 aliphatic rings. The van der Waals surface area contributed by atoms with Gasteiger partial charge in [0, 0.05) is 12.7 Å². The molecule has 6 heteroatoms. The molecule has 1 aromatic carbocycles. The fraction of sp³-hybridized carbons (Fsp3) is 0.500. The molecule has 1 fully saturated rings. The van der Waals surface area contributed by atoms with Crippen LogP contribution in [-0.2, 0) is 9.53 Å². The molecule has 1 amide bonds. The number of ether oxygens (including phenoxy) is 2. The van der Waals surface area contributed by atoms with Crippen molar-refractivity contribution >= 4 is 23.0 Å². The first-order valence-electron chi connectivity index (χ1n) is 6.78. The number of benzene rings is 1. The monoisotopic (exact) mass is 277 g/mol. The molecule has 0 aromatic heterocycles. The molecule has 1 saturated heterocycles. The Kier molecular flexibility index (Phi) is 3.17. The zero-order valence-electron chi connectivity index (χ0n) is 11.5. The van der Waals surface area contributed by atoms with Crippen molar-refractivity contribution in [3.05, 3.63) is 12.1 Å². The summed E-state index contributed by atoms with van der Waals surface area (Å²) in [7, 11) is 0. The lowest BCUT2D eigenvalue weighted by Crippen LogP contribution is -2.43. The van der Waals surface area contributed by atoms with Crippen molar-refractivity contribution in [1.82, 2.24) is 0 Å². The van der Waals surface area contributed by atoms with Crippen LogP contribution in [0.4, 0.5) is 17.1 Å². The Hall–Kier alpha value is -1.95. The Labute approximate surface area is 117 Å². The van der Waals surface area contributed by atoms with E-state index >= 15 is 0 Å². The zero-order chi connectivity index (χ0) is 14.2. The van der Waals surface area contributed by atoms with Crippen LogP contribution >= 0.6 is 0 Å². The summed E-state index contributed by atoms with van der Waals surface area (Å²) in [5, 5.41) is 6.22. The highest BCUT2D eigenvalue weighted by Crippen LogP contribution is 2.37. The molecule has 1 aromatic rings. The van der Waals surface area contributed by atoms with Gasteiger partial charge in [-0.05, 0) is 25.8 Å². The summed E-state index contributed by atoms with van der Waals surface area (Å²) < 4.78 is 10.9. The quantitative estimate of drug-likeness (QED) is 0.715. The van der Waals surface area contributed by atoms with E-state index < -0.39 is 0 Å². The molecular weight excluding hydrogens is 258 g/mol. The van der Waals surface area contributed by atoms with Gasteiger partial charge in [0.1, 0.15) is 5.75 Å². The largest absolute Gasteiger partial charge is 0.482 e. The lowest BCUT2D eigenvalue weighted by atomic mass is 9.94. The summed E-state index contributed by atoms with van der Waals surface area (Å²) in [5.41, 5.74) is 7.97. The predicted molar refractivity (Wildman–Crippen MR) is 77.1 cm³/mol. The predicted octanol–water partition coefficient (Wildman–Crippen LogP) is 1.58. The average molecular weight is 277 g/mol. The molecule has 2 aliphatic heterocycles. The van der Waals surface area contributed by atoms with Gasteiger partial charge >= 0.3 is 0 Å². The van der Waals surface area contributed by atoms with Crippen LogP contribution < -0.4 is 21.1 Å². The molecule has 1 atom stereocenters. The van der Waals surface area contributed by atoms with E-state index in [1.807, 2.05) is 6.07 Å². The maximum Gasteiger partial charge on any atom is 0.262 e. The maximum atomic E-state index is 11.4. The van der Waals surface area contributed by atoms with Gasteiger partial charge in [-0.15, -0.1) is 0 Å². The van der Waals surface area contributed by atoms with E-state index in [0.717, 1.165) is 25.1 Å². The molecule has 0 saturated carbocycles. The van der Waals surface area contributed by atoms with Crippen molar-refractivity contribution in [1.29, 1.82) is 0 Å². The Balaban J connectivity index is 1.86. The number of amides is 1. The molecule has 6 nitrogen and oxygen atoms in total. The summed E-state index contributed by atoms with van der Waals surface area (Å²) in [6, 6.07) is 3.56. The van der Waals surface area contributed by atoms with Gasteiger partial charge in [0.2, 0.25) is 0 Å². The molecule has 1 unspecified atom stereocenters. The van der Waals surface area contributed by atoms with Crippen molar-refractivity contribution in [2.45, 2.75) is 25.3 Å². The summed E-state index contributed by atoms with van der Waals surface area (Å²) >= 11 is 0. The van der Waals surface area contributed by atoms with Crippen LogP contribution in [-0.4, -0.2) is 31.3 Å². The first-order valence-corrected chi connectivity index (χ1v) is 6.78. The third-order valence-corrected chi connectivity index (χ3v) is 3.66. The Morgan fingerprint density at radius 2 is 2.30 bits per heavy atom. The summed E-state index contributed by atoms with van der Waals surface area (Å²) in [6.45, 7) is 3.60. The van der Waals surface area contributed by atoms with E-state index in [9.17, 15) is 4.79 Å². The second kappa shape index (κ2) is 4.86. The lowest BCUT2D eigenvalue weighted by molar-refractivity contribution is -0.118. The number of carbonyl (C=O) groups is 1. The lowest BCUT2D eigenvalue weighted by Gasteiger charge is -2.36. The van der Waals surface area contributed by atoms with Crippen molar-refractivity contribution in [2.75, 3.05) is 36.2 Å².